The summed E-state index contributed by atoms with van der Waals surface area (Å²) >= 11 is 7.21. The van der Waals surface area contributed by atoms with Crippen LogP contribution < -0.4 is 9.64 Å². The van der Waals surface area contributed by atoms with Crippen molar-refractivity contribution >= 4 is 17.4 Å². The molecule has 1 atom stereocenters. The minimum atomic E-state index is -0.243. The lowest BCUT2D eigenvalue weighted by Crippen LogP contribution is -3.12. The van der Waals surface area contributed by atoms with Gasteiger partial charge in [-0.2, -0.15) is 0 Å². The summed E-state index contributed by atoms with van der Waals surface area (Å²) in [6, 6.07) is 23.1. The van der Waals surface area contributed by atoms with Gasteiger partial charge in [-0.25, -0.2) is 4.39 Å². The zero-order chi connectivity index (χ0) is 23.5. The molecule has 1 saturated heterocycles. The molecule has 2 aliphatic rings. The highest BCUT2D eigenvalue weighted by Crippen LogP contribution is 2.47. The first-order chi connectivity index (χ1) is 16.6. The summed E-state index contributed by atoms with van der Waals surface area (Å²) in [5.41, 5.74) is 5.19. The molecule has 3 aromatic carbocycles. The quantitative estimate of drug-likeness (QED) is 0.471. The van der Waals surface area contributed by atoms with Gasteiger partial charge in [0.05, 0.1) is 24.7 Å². The third kappa shape index (κ3) is 4.82. The maximum absolute atomic E-state index is 13.8. The normalized spacial score (nSPS) is 20.1. The van der Waals surface area contributed by atoms with Crippen molar-refractivity contribution in [3.05, 3.63) is 118 Å². The van der Waals surface area contributed by atoms with Crippen LogP contribution in [0.2, 0.25) is 0 Å². The minimum Gasteiger partial charge on any atom is -0.455 e. The molecule has 2 aliphatic heterocycles. The number of para-hydroxylation sites is 1. The Kier molecular flexibility index (Phi) is 6.85. The highest BCUT2D eigenvalue weighted by molar-refractivity contribution is 6.35. The zero-order valence-electron chi connectivity index (χ0n) is 19.5. The van der Waals surface area contributed by atoms with Crippen LogP contribution >= 0.6 is 11.6 Å². The van der Waals surface area contributed by atoms with E-state index in [-0.39, 0.29) is 11.7 Å². The molecule has 2 nitrogen and oxygen atoms in total. The Bertz CT molecular complexity index is 1210. The number of benzene rings is 3. The molecule has 0 unspecified atom stereocenters. The number of allylic oxidation sites excluding steroid dienone is 2. The molecule has 0 amide bonds. The second-order valence-electron chi connectivity index (χ2n) is 9.31. The fourth-order valence-electron chi connectivity index (χ4n) is 5.01. The minimum absolute atomic E-state index is 0.142. The van der Waals surface area contributed by atoms with Gasteiger partial charge in [0.25, 0.3) is 0 Å². The van der Waals surface area contributed by atoms with E-state index < -0.39 is 0 Å². The van der Waals surface area contributed by atoms with Crippen molar-refractivity contribution in [2.45, 2.75) is 32.1 Å². The van der Waals surface area contributed by atoms with Gasteiger partial charge in [-0.3, -0.25) is 0 Å². The molecule has 0 bridgehead atoms. The molecule has 0 aromatic heterocycles. The summed E-state index contributed by atoms with van der Waals surface area (Å²) < 4.78 is 20.4. The molecular weight excluding hydrogens is 445 g/mol. The first-order valence-electron chi connectivity index (χ1n) is 12.1. The topological polar surface area (TPSA) is 13.7 Å². The van der Waals surface area contributed by atoms with Gasteiger partial charge in [0, 0.05) is 17.0 Å². The molecule has 2 heterocycles. The van der Waals surface area contributed by atoms with Crippen LogP contribution in [0.1, 0.15) is 47.4 Å². The summed E-state index contributed by atoms with van der Waals surface area (Å²) in [6.07, 6.45) is 6.14. The molecule has 0 spiro atoms. The molecule has 5 rings (SSSR count). The fourth-order valence-corrected chi connectivity index (χ4v) is 5.35. The number of piperidine rings is 1. The van der Waals surface area contributed by atoms with Crippen LogP contribution in [0.3, 0.4) is 0 Å². The number of halogens is 2. The van der Waals surface area contributed by atoms with Crippen LogP contribution in [-0.4, -0.2) is 19.6 Å². The molecule has 4 heteroatoms. The van der Waals surface area contributed by atoms with Gasteiger partial charge < -0.3 is 9.64 Å². The van der Waals surface area contributed by atoms with Crippen LogP contribution in [0, 0.1) is 12.7 Å². The van der Waals surface area contributed by atoms with Gasteiger partial charge in [0.1, 0.15) is 11.6 Å². The van der Waals surface area contributed by atoms with Crippen molar-refractivity contribution in [2.75, 3.05) is 19.6 Å². The highest BCUT2D eigenvalue weighted by atomic mass is 35.5. The van der Waals surface area contributed by atoms with Crippen molar-refractivity contribution in [1.82, 2.24) is 0 Å². The van der Waals surface area contributed by atoms with Crippen molar-refractivity contribution < 1.29 is 14.0 Å². The maximum Gasteiger partial charge on any atom is 0.153 e. The summed E-state index contributed by atoms with van der Waals surface area (Å²) in [6.45, 7) is 5.35. The van der Waals surface area contributed by atoms with E-state index in [4.69, 9.17) is 16.3 Å². The van der Waals surface area contributed by atoms with E-state index in [1.54, 1.807) is 4.90 Å². The Morgan fingerprint density at radius 2 is 1.65 bits per heavy atom. The van der Waals surface area contributed by atoms with Crippen LogP contribution in [0.15, 0.2) is 89.5 Å². The molecule has 174 valence electrons. The number of ether oxygens (including phenoxy) is 1. The zero-order valence-corrected chi connectivity index (χ0v) is 20.2. The van der Waals surface area contributed by atoms with Crippen molar-refractivity contribution in [1.29, 1.82) is 0 Å². The first-order valence-corrected chi connectivity index (χ1v) is 12.5. The summed E-state index contributed by atoms with van der Waals surface area (Å²) in [5, 5.41) is 0.616. The van der Waals surface area contributed by atoms with Gasteiger partial charge in [-0.15, -0.1) is 0 Å². The highest BCUT2D eigenvalue weighted by Gasteiger charge is 2.31. The Labute approximate surface area is 206 Å². The fraction of sp³-hybridized carbons (Fsp3) is 0.267. The van der Waals surface area contributed by atoms with Crippen molar-refractivity contribution in [3.8, 4) is 5.75 Å². The molecular formula is C30H30ClFNO+. The summed E-state index contributed by atoms with van der Waals surface area (Å²) in [4.78, 5) is 1.58. The predicted octanol–water partition coefficient (Wildman–Crippen LogP) is 6.26. The van der Waals surface area contributed by atoms with Crippen LogP contribution in [0.5, 0.6) is 5.75 Å². The second-order valence-corrected chi connectivity index (χ2v) is 9.69. The molecule has 0 radical (unpaired) electrons. The SMILES string of the molecule is Cc1ccc(C2=C(Cl)/C(=C\C[NH+]3CCCCC3)[C@@H](c3ccc(F)cc3)c3ccccc3O2)cc1. The first kappa shape index (κ1) is 22.9. The van der Waals surface area contributed by atoms with E-state index in [2.05, 4.69) is 43.3 Å². The predicted molar refractivity (Wildman–Crippen MR) is 137 cm³/mol. The smallest absolute Gasteiger partial charge is 0.153 e. The number of nitrogens with one attached hydrogen (secondary N) is 1. The standard InChI is InChI=1S/C30H29ClFNO/c1-21-9-11-23(12-10-21)30-29(31)26(17-20-33-18-5-2-6-19-33)28(22-13-15-24(32)16-14-22)25-7-3-4-8-27(25)34-30/h3-4,7-17,28H,2,5-6,18-20H2,1H3/p+1/b26-17-/t28-/m0/s1. The van der Waals surface area contributed by atoms with Crippen LogP contribution in [0.4, 0.5) is 4.39 Å². The number of quaternary nitrogens is 1. The number of likely N-dealkylation sites (tertiary alicyclic amines) is 1. The number of fused-ring (bicyclic) bond motifs is 1. The van der Waals surface area contributed by atoms with Crippen LogP contribution in [-0.2, 0) is 0 Å². The Balaban J connectivity index is 1.68. The van der Waals surface area contributed by atoms with Gasteiger partial charge >= 0.3 is 0 Å². The molecule has 34 heavy (non-hydrogen) atoms. The van der Waals surface area contributed by atoms with E-state index in [0.717, 1.165) is 34.6 Å². The van der Waals surface area contributed by atoms with E-state index >= 15 is 0 Å². The van der Waals surface area contributed by atoms with Gasteiger partial charge in [-0.05, 0) is 61.6 Å². The molecule has 0 saturated carbocycles. The monoisotopic (exact) mass is 474 g/mol. The number of aryl methyl sites for hydroxylation is 1. The third-order valence-electron chi connectivity index (χ3n) is 6.89. The van der Waals surface area contributed by atoms with Gasteiger partial charge in [-0.1, -0.05) is 71.8 Å². The number of hydrogen-bond donors (Lipinski definition) is 1. The van der Waals surface area contributed by atoms with Crippen molar-refractivity contribution in [2.24, 2.45) is 0 Å². The van der Waals surface area contributed by atoms with E-state index in [1.165, 1.54) is 50.0 Å². The molecule has 3 aromatic rings. The van der Waals surface area contributed by atoms with Crippen LogP contribution in [0.25, 0.3) is 5.76 Å². The number of hydrogen-bond acceptors (Lipinski definition) is 1. The Morgan fingerprint density at radius 3 is 2.38 bits per heavy atom. The van der Waals surface area contributed by atoms with E-state index in [1.807, 2.05) is 30.3 Å². The summed E-state index contributed by atoms with van der Waals surface area (Å²) in [7, 11) is 0. The largest absolute Gasteiger partial charge is 0.455 e. The maximum atomic E-state index is 13.8. The molecule has 1 fully saturated rings. The summed E-state index contributed by atoms with van der Waals surface area (Å²) in [5.74, 6) is 1.06. The molecule has 1 N–H and O–H groups in total. The average Bonchev–Trinajstić information content (AvgIpc) is 2.99. The van der Waals surface area contributed by atoms with E-state index in [0.29, 0.717) is 10.8 Å². The van der Waals surface area contributed by atoms with Gasteiger partial charge in [0.15, 0.2) is 5.76 Å². The lowest BCUT2D eigenvalue weighted by atomic mass is 9.83. The number of rotatable bonds is 4. The van der Waals surface area contributed by atoms with Crippen molar-refractivity contribution in [3.63, 3.8) is 0 Å². The lowest BCUT2D eigenvalue weighted by molar-refractivity contribution is -0.899. The Hall–Kier alpha value is -2.88. The molecule has 0 aliphatic carbocycles. The van der Waals surface area contributed by atoms with E-state index in [9.17, 15) is 4.39 Å². The average molecular weight is 475 g/mol. The second kappa shape index (κ2) is 10.2. The third-order valence-corrected chi connectivity index (χ3v) is 7.28. The Morgan fingerprint density at radius 1 is 0.941 bits per heavy atom. The van der Waals surface area contributed by atoms with Gasteiger partial charge in [0.2, 0.25) is 0 Å². The lowest BCUT2D eigenvalue weighted by Gasteiger charge is -2.24.